The zero-order chi connectivity index (χ0) is 27.0. The van der Waals surface area contributed by atoms with Crippen molar-refractivity contribution in [3.63, 3.8) is 0 Å². The van der Waals surface area contributed by atoms with Gasteiger partial charge in [-0.2, -0.15) is 11.8 Å². The van der Waals surface area contributed by atoms with Gasteiger partial charge in [0, 0.05) is 6.42 Å². The van der Waals surface area contributed by atoms with E-state index < -0.39 is 53.8 Å². The second-order valence-electron chi connectivity index (χ2n) is 8.44. The van der Waals surface area contributed by atoms with Crippen LogP contribution in [-0.4, -0.2) is 82.6 Å². The van der Waals surface area contributed by atoms with Crippen molar-refractivity contribution in [2.24, 2.45) is 17.4 Å². The SMILES string of the molecule is CCC(C)C(NC(=O)C(CCSC)NC(=O)C(N)CCC(=O)O)C(=O)NC(CCCCN)C(=O)O. The molecule has 0 saturated carbocycles. The predicted molar refractivity (Wildman–Crippen MR) is 134 cm³/mol. The van der Waals surface area contributed by atoms with E-state index in [1.54, 1.807) is 6.92 Å². The smallest absolute Gasteiger partial charge is 0.326 e. The van der Waals surface area contributed by atoms with Crippen LogP contribution in [0.3, 0.4) is 0 Å². The Kier molecular flexibility index (Phi) is 16.7. The van der Waals surface area contributed by atoms with E-state index in [4.69, 9.17) is 16.6 Å². The van der Waals surface area contributed by atoms with Crippen LogP contribution >= 0.6 is 11.8 Å². The average Bonchev–Trinajstić information content (AvgIpc) is 2.81. The molecular formula is C22H41N5O7S. The fourth-order valence-electron chi connectivity index (χ4n) is 3.16. The Morgan fingerprint density at radius 2 is 1.51 bits per heavy atom. The van der Waals surface area contributed by atoms with Gasteiger partial charge in [0.25, 0.3) is 0 Å². The molecule has 0 aliphatic carbocycles. The van der Waals surface area contributed by atoms with Crippen molar-refractivity contribution in [3.05, 3.63) is 0 Å². The van der Waals surface area contributed by atoms with Crippen molar-refractivity contribution in [3.8, 4) is 0 Å². The summed E-state index contributed by atoms with van der Waals surface area (Å²) in [6.07, 6.45) is 3.61. The maximum absolute atomic E-state index is 13.1. The van der Waals surface area contributed by atoms with Gasteiger partial charge >= 0.3 is 11.9 Å². The van der Waals surface area contributed by atoms with Gasteiger partial charge in [-0.15, -0.1) is 0 Å². The Morgan fingerprint density at radius 3 is 2.03 bits per heavy atom. The second-order valence-corrected chi connectivity index (χ2v) is 9.42. The van der Waals surface area contributed by atoms with Crippen molar-refractivity contribution in [2.45, 2.75) is 83.0 Å². The van der Waals surface area contributed by atoms with E-state index in [0.29, 0.717) is 31.6 Å². The number of carbonyl (C=O) groups excluding carboxylic acids is 3. The molecule has 5 unspecified atom stereocenters. The third-order valence-corrected chi connectivity index (χ3v) is 6.25. The highest BCUT2D eigenvalue weighted by Crippen LogP contribution is 2.11. The van der Waals surface area contributed by atoms with E-state index in [2.05, 4.69) is 16.0 Å². The molecule has 0 spiro atoms. The van der Waals surface area contributed by atoms with E-state index in [0.717, 1.165) is 0 Å². The number of amides is 3. The monoisotopic (exact) mass is 519 g/mol. The molecule has 0 aromatic carbocycles. The number of hydrogen-bond donors (Lipinski definition) is 7. The Bertz CT molecular complexity index is 710. The molecule has 0 bridgehead atoms. The van der Waals surface area contributed by atoms with Gasteiger partial charge in [0.1, 0.15) is 18.1 Å². The first-order chi connectivity index (χ1) is 16.5. The Morgan fingerprint density at radius 1 is 0.886 bits per heavy atom. The maximum atomic E-state index is 13.1. The van der Waals surface area contributed by atoms with Gasteiger partial charge in [0.05, 0.1) is 6.04 Å². The molecule has 12 nitrogen and oxygen atoms in total. The van der Waals surface area contributed by atoms with Crippen molar-refractivity contribution in [1.29, 1.82) is 0 Å². The lowest BCUT2D eigenvalue weighted by molar-refractivity contribution is -0.143. The molecule has 5 atom stereocenters. The van der Waals surface area contributed by atoms with Crippen LogP contribution in [0.2, 0.25) is 0 Å². The minimum Gasteiger partial charge on any atom is -0.481 e. The molecule has 35 heavy (non-hydrogen) atoms. The Labute approximate surface area is 210 Å². The first kappa shape index (κ1) is 32.6. The van der Waals surface area contributed by atoms with Crippen LogP contribution in [0.5, 0.6) is 0 Å². The van der Waals surface area contributed by atoms with Crippen LogP contribution in [0.15, 0.2) is 0 Å². The topological polar surface area (TPSA) is 214 Å². The molecule has 0 saturated heterocycles. The lowest BCUT2D eigenvalue weighted by Crippen LogP contribution is -2.58. The number of thioether (sulfide) groups is 1. The minimum absolute atomic E-state index is 0.0866. The minimum atomic E-state index is -1.18. The highest BCUT2D eigenvalue weighted by atomic mass is 32.2. The number of nitrogens with one attached hydrogen (secondary N) is 3. The maximum Gasteiger partial charge on any atom is 0.326 e. The standard InChI is InChI=1S/C22H41N5O7S/c1-4-13(2)18(21(32)26-16(22(33)34)7-5-6-11-23)27-20(31)15(10-12-35-3)25-19(30)14(24)8-9-17(28)29/h13-16,18H,4-12,23-24H2,1-3H3,(H,25,30)(H,26,32)(H,27,31)(H,28,29)(H,33,34). The number of hydrogen-bond acceptors (Lipinski definition) is 8. The molecule has 0 aromatic heterocycles. The lowest BCUT2D eigenvalue weighted by atomic mass is 9.97. The molecule has 0 aliphatic rings. The number of carboxylic acid groups (broad SMARTS) is 2. The van der Waals surface area contributed by atoms with Crippen molar-refractivity contribution in [1.82, 2.24) is 16.0 Å². The van der Waals surface area contributed by atoms with E-state index in [-0.39, 0.29) is 31.6 Å². The number of carbonyl (C=O) groups is 5. The molecule has 0 fully saturated rings. The van der Waals surface area contributed by atoms with Gasteiger partial charge in [0.15, 0.2) is 0 Å². The normalized spacial score (nSPS) is 15.2. The van der Waals surface area contributed by atoms with Crippen molar-refractivity contribution < 1.29 is 34.2 Å². The first-order valence-electron chi connectivity index (χ1n) is 11.8. The molecule has 9 N–H and O–H groups in total. The summed E-state index contributed by atoms with van der Waals surface area (Å²) < 4.78 is 0. The first-order valence-corrected chi connectivity index (χ1v) is 13.2. The van der Waals surface area contributed by atoms with E-state index >= 15 is 0 Å². The van der Waals surface area contributed by atoms with Gasteiger partial charge < -0.3 is 37.6 Å². The third kappa shape index (κ3) is 13.3. The fraction of sp³-hybridized carbons (Fsp3) is 0.773. The summed E-state index contributed by atoms with van der Waals surface area (Å²) >= 11 is 1.46. The number of unbranched alkanes of at least 4 members (excludes halogenated alkanes) is 1. The summed E-state index contributed by atoms with van der Waals surface area (Å²) in [5.74, 6) is -3.94. The molecule has 3 amide bonds. The van der Waals surface area contributed by atoms with Gasteiger partial charge in [-0.25, -0.2) is 4.79 Å². The van der Waals surface area contributed by atoms with Crippen LogP contribution in [0.1, 0.15) is 58.8 Å². The quantitative estimate of drug-likeness (QED) is 0.110. The van der Waals surface area contributed by atoms with Gasteiger partial charge in [-0.3, -0.25) is 19.2 Å². The summed E-state index contributed by atoms with van der Waals surface area (Å²) in [5.41, 5.74) is 11.2. The van der Waals surface area contributed by atoms with E-state index in [1.165, 1.54) is 11.8 Å². The Balaban J connectivity index is 5.44. The lowest BCUT2D eigenvalue weighted by Gasteiger charge is -2.28. The van der Waals surface area contributed by atoms with Gasteiger partial charge in [0.2, 0.25) is 17.7 Å². The molecular weight excluding hydrogens is 478 g/mol. The molecule has 0 aliphatic heterocycles. The number of carboxylic acids is 2. The number of nitrogens with two attached hydrogens (primary N) is 2. The van der Waals surface area contributed by atoms with Crippen molar-refractivity contribution in [2.75, 3.05) is 18.6 Å². The molecule has 202 valence electrons. The van der Waals surface area contributed by atoms with E-state index in [1.807, 2.05) is 13.2 Å². The second kappa shape index (κ2) is 18.0. The zero-order valence-corrected chi connectivity index (χ0v) is 21.6. The van der Waals surface area contributed by atoms with Crippen LogP contribution in [0, 0.1) is 5.92 Å². The molecule has 0 heterocycles. The number of aliphatic carboxylic acids is 2. The summed E-state index contributed by atoms with van der Waals surface area (Å²) in [6, 6.07) is -4.23. The summed E-state index contributed by atoms with van der Waals surface area (Å²) in [4.78, 5) is 60.8. The highest BCUT2D eigenvalue weighted by Gasteiger charge is 2.32. The van der Waals surface area contributed by atoms with Crippen LogP contribution in [0.4, 0.5) is 0 Å². The fourth-order valence-corrected chi connectivity index (χ4v) is 3.63. The Hall–Kier alpha value is -2.38. The van der Waals surface area contributed by atoms with Crippen LogP contribution in [-0.2, 0) is 24.0 Å². The molecule has 13 heteroatoms. The summed E-state index contributed by atoms with van der Waals surface area (Å²) in [7, 11) is 0. The zero-order valence-electron chi connectivity index (χ0n) is 20.7. The summed E-state index contributed by atoms with van der Waals surface area (Å²) in [6.45, 7) is 4.00. The largest absolute Gasteiger partial charge is 0.481 e. The highest BCUT2D eigenvalue weighted by molar-refractivity contribution is 7.98. The molecule has 0 radical (unpaired) electrons. The summed E-state index contributed by atoms with van der Waals surface area (Å²) in [5, 5.41) is 26.0. The van der Waals surface area contributed by atoms with Crippen LogP contribution < -0.4 is 27.4 Å². The molecule has 0 aromatic rings. The van der Waals surface area contributed by atoms with E-state index in [9.17, 15) is 29.1 Å². The number of rotatable bonds is 19. The average molecular weight is 520 g/mol. The van der Waals surface area contributed by atoms with Crippen molar-refractivity contribution >= 4 is 41.4 Å². The third-order valence-electron chi connectivity index (χ3n) is 5.60. The van der Waals surface area contributed by atoms with Gasteiger partial charge in [-0.05, 0) is 56.6 Å². The molecule has 0 rings (SSSR count). The predicted octanol–water partition coefficient (Wildman–Crippen LogP) is -0.354. The van der Waals surface area contributed by atoms with Gasteiger partial charge in [-0.1, -0.05) is 20.3 Å². The van der Waals surface area contributed by atoms with Crippen LogP contribution in [0.25, 0.3) is 0 Å².